The van der Waals surface area contributed by atoms with E-state index in [9.17, 15) is 31.1 Å². The lowest BCUT2D eigenvalue weighted by molar-refractivity contribution is -0.193. The predicted molar refractivity (Wildman–Crippen MR) is 119 cm³/mol. The number of anilines is 1. The van der Waals surface area contributed by atoms with Gasteiger partial charge in [0.2, 0.25) is 5.91 Å². The van der Waals surface area contributed by atoms with Gasteiger partial charge >= 0.3 is 24.3 Å². The molecule has 3 N–H and O–H groups in total. The van der Waals surface area contributed by atoms with Crippen LogP contribution in [-0.4, -0.2) is 86.1 Å². The minimum absolute atomic E-state index is 0.0297. The molecule has 0 bridgehead atoms. The summed E-state index contributed by atoms with van der Waals surface area (Å²) >= 11 is 0. The molecule has 2 aromatic rings. The number of aliphatic carboxylic acids is 2. The molecular formula is C22H23F6N5O6. The van der Waals surface area contributed by atoms with Crippen LogP contribution in [0.15, 0.2) is 43.0 Å². The summed E-state index contributed by atoms with van der Waals surface area (Å²) in [6.07, 6.45) is -2.97. The maximum Gasteiger partial charge on any atom is 0.490 e. The Morgan fingerprint density at radius 1 is 0.974 bits per heavy atom. The molecule has 0 aromatic carbocycles. The summed E-state index contributed by atoms with van der Waals surface area (Å²) < 4.78 is 69.4. The number of aromatic nitrogens is 3. The number of likely N-dealkylation sites (tertiary alicyclic amines) is 1. The number of halogens is 6. The molecule has 0 unspecified atom stereocenters. The number of rotatable bonds is 5. The number of carbonyl (C=O) groups is 3. The molecule has 0 saturated carbocycles. The van der Waals surface area contributed by atoms with E-state index in [1.54, 1.807) is 18.6 Å². The van der Waals surface area contributed by atoms with E-state index in [0.29, 0.717) is 24.8 Å². The number of pyridine rings is 1. The van der Waals surface area contributed by atoms with Crippen LogP contribution >= 0.6 is 0 Å². The van der Waals surface area contributed by atoms with E-state index in [1.807, 2.05) is 24.4 Å². The fourth-order valence-electron chi connectivity index (χ4n) is 3.74. The van der Waals surface area contributed by atoms with Gasteiger partial charge in [0, 0.05) is 50.6 Å². The van der Waals surface area contributed by atoms with Crippen molar-refractivity contribution < 1.29 is 55.7 Å². The highest BCUT2D eigenvalue weighted by Gasteiger charge is 2.44. The van der Waals surface area contributed by atoms with Crippen LogP contribution in [0.1, 0.15) is 12.1 Å². The van der Waals surface area contributed by atoms with Crippen molar-refractivity contribution in [3.8, 4) is 0 Å². The Hall–Kier alpha value is -3.86. The standard InChI is InChI=1S/C18H21N5O2.2C2HF3O2/c24-18(22-17-8-19-5-6-21-17)7-13-12-25-16-11-23(10-15(13)16)9-14-3-1-2-4-20-14;2*3-2(4,5)1(6)7/h1-6,8,13,15-16H,7,9-12H2,(H,21,22,24);2*(H,6,7)/t13-,15-,16-;;/m1../s1. The van der Waals surface area contributed by atoms with Crippen molar-refractivity contribution in [2.24, 2.45) is 11.8 Å². The summed E-state index contributed by atoms with van der Waals surface area (Å²) in [4.78, 5) is 44.9. The van der Waals surface area contributed by atoms with Gasteiger partial charge in [-0.05, 0) is 18.1 Å². The lowest BCUT2D eigenvalue weighted by Crippen LogP contribution is -2.26. The molecule has 214 valence electrons. The number of fused-ring (bicyclic) bond motifs is 1. The minimum atomic E-state index is -5.08. The largest absolute Gasteiger partial charge is 0.490 e. The van der Waals surface area contributed by atoms with Crippen LogP contribution in [0, 0.1) is 11.8 Å². The van der Waals surface area contributed by atoms with Crippen molar-refractivity contribution in [3.63, 3.8) is 0 Å². The average Bonchev–Trinajstić information content (AvgIpc) is 3.41. The van der Waals surface area contributed by atoms with Crippen LogP contribution in [-0.2, 0) is 25.7 Å². The van der Waals surface area contributed by atoms with E-state index < -0.39 is 24.3 Å². The summed E-state index contributed by atoms with van der Waals surface area (Å²) in [7, 11) is 0. The first-order valence-corrected chi connectivity index (χ1v) is 11.1. The predicted octanol–water partition coefficient (Wildman–Crippen LogP) is 2.61. The van der Waals surface area contributed by atoms with Gasteiger partial charge in [-0.1, -0.05) is 6.07 Å². The summed E-state index contributed by atoms with van der Waals surface area (Å²) in [5, 5.41) is 17.1. The van der Waals surface area contributed by atoms with Crippen molar-refractivity contribution in [3.05, 3.63) is 48.7 Å². The molecule has 39 heavy (non-hydrogen) atoms. The van der Waals surface area contributed by atoms with Crippen LogP contribution in [0.2, 0.25) is 0 Å². The Kier molecular flexibility index (Phi) is 11.1. The molecule has 4 rings (SSSR count). The molecule has 2 fully saturated rings. The highest BCUT2D eigenvalue weighted by Crippen LogP contribution is 2.36. The summed E-state index contributed by atoms with van der Waals surface area (Å²) in [6.45, 7) is 3.34. The molecule has 2 aliphatic rings. The van der Waals surface area contributed by atoms with Crippen LogP contribution in [0.3, 0.4) is 0 Å². The third-order valence-corrected chi connectivity index (χ3v) is 5.39. The first-order chi connectivity index (χ1) is 18.2. The number of nitrogens with zero attached hydrogens (tertiary/aromatic N) is 4. The van der Waals surface area contributed by atoms with Crippen LogP contribution in [0.5, 0.6) is 0 Å². The van der Waals surface area contributed by atoms with E-state index in [1.165, 1.54) is 0 Å². The van der Waals surface area contributed by atoms with Gasteiger partial charge in [0.05, 0.1) is 24.6 Å². The second-order valence-electron chi connectivity index (χ2n) is 8.26. The molecule has 0 aliphatic carbocycles. The number of hydrogen-bond donors (Lipinski definition) is 3. The molecule has 2 saturated heterocycles. The third-order valence-electron chi connectivity index (χ3n) is 5.39. The molecule has 0 radical (unpaired) electrons. The number of carboxylic acid groups (broad SMARTS) is 2. The SMILES string of the molecule is O=C(C[C@@H]1CO[C@@H]2CN(Cc3ccccn3)C[C@H]12)Nc1cnccn1.O=C(O)C(F)(F)F.O=C(O)C(F)(F)F. The Bertz CT molecular complexity index is 1070. The molecule has 2 aliphatic heterocycles. The topological polar surface area (TPSA) is 155 Å². The quantitative estimate of drug-likeness (QED) is 0.460. The number of carbonyl (C=O) groups excluding carboxylic acids is 1. The Balaban J connectivity index is 0.000000317. The Morgan fingerprint density at radius 3 is 2.13 bits per heavy atom. The number of nitrogens with one attached hydrogen (secondary N) is 1. The number of amides is 1. The molecule has 1 amide bonds. The van der Waals surface area contributed by atoms with Gasteiger partial charge in [-0.25, -0.2) is 14.6 Å². The number of carboxylic acids is 2. The summed E-state index contributed by atoms with van der Waals surface area (Å²) in [5.74, 6) is -4.41. The number of alkyl halides is 6. The number of hydrogen-bond acceptors (Lipinski definition) is 8. The van der Waals surface area contributed by atoms with Gasteiger partial charge in [0.1, 0.15) is 0 Å². The van der Waals surface area contributed by atoms with Gasteiger partial charge in [0.25, 0.3) is 0 Å². The summed E-state index contributed by atoms with van der Waals surface area (Å²) in [6, 6.07) is 5.98. The van der Waals surface area contributed by atoms with Gasteiger partial charge in [-0.2, -0.15) is 26.3 Å². The van der Waals surface area contributed by atoms with Crippen molar-refractivity contribution in [1.29, 1.82) is 0 Å². The average molecular weight is 567 g/mol. The van der Waals surface area contributed by atoms with E-state index in [2.05, 4.69) is 25.2 Å². The van der Waals surface area contributed by atoms with Gasteiger partial charge in [-0.15, -0.1) is 0 Å². The monoisotopic (exact) mass is 567 g/mol. The zero-order chi connectivity index (χ0) is 29.2. The lowest BCUT2D eigenvalue weighted by atomic mass is 9.90. The summed E-state index contributed by atoms with van der Waals surface area (Å²) in [5.41, 5.74) is 1.07. The molecule has 0 spiro atoms. The van der Waals surface area contributed by atoms with Gasteiger partial charge < -0.3 is 20.3 Å². The molecule has 2 aromatic heterocycles. The lowest BCUT2D eigenvalue weighted by Gasteiger charge is -2.19. The smallest absolute Gasteiger partial charge is 0.475 e. The van der Waals surface area contributed by atoms with Gasteiger partial charge in [-0.3, -0.25) is 19.7 Å². The fraction of sp³-hybridized carbons (Fsp3) is 0.455. The minimum Gasteiger partial charge on any atom is -0.475 e. The van der Waals surface area contributed by atoms with Crippen LogP contribution < -0.4 is 5.32 Å². The molecule has 4 heterocycles. The normalized spacial score (nSPS) is 20.5. The Labute approximate surface area is 216 Å². The highest BCUT2D eigenvalue weighted by molar-refractivity contribution is 5.89. The molecular weight excluding hydrogens is 544 g/mol. The Morgan fingerprint density at radius 2 is 1.62 bits per heavy atom. The van der Waals surface area contributed by atoms with E-state index in [0.717, 1.165) is 25.3 Å². The fourth-order valence-corrected chi connectivity index (χ4v) is 3.74. The van der Waals surface area contributed by atoms with E-state index in [-0.39, 0.29) is 17.9 Å². The molecule has 17 heteroatoms. The van der Waals surface area contributed by atoms with Crippen molar-refractivity contribution in [2.75, 3.05) is 25.0 Å². The third kappa shape index (κ3) is 10.8. The van der Waals surface area contributed by atoms with E-state index in [4.69, 9.17) is 24.5 Å². The highest BCUT2D eigenvalue weighted by atomic mass is 19.4. The maximum absolute atomic E-state index is 12.3. The van der Waals surface area contributed by atoms with Crippen molar-refractivity contribution >= 4 is 23.7 Å². The van der Waals surface area contributed by atoms with Crippen molar-refractivity contribution in [2.45, 2.75) is 31.4 Å². The zero-order valence-electron chi connectivity index (χ0n) is 19.9. The second-order valence-corrected chi connectivity index (χ2v) is 8.26. The van der Waals surface area contributed by atoms with E-state index >= 15 is 0 Å². The van der Waals surface area contributed by atoms with Crippen LogP contribution in [0.4, 0.5) is 32.2 Å². The second kappa shape index (κ2) is 13.8. The van der Waals surface area contributed by atoms with Gasteiger partial charge in [0.15, 0.2) is 5.82 Å². The first-order valence-electron chi connectivity index (χ1n) is 11.1. The molecule has 3 atom stereocenters. The van der Waals surface area contributed by atoms with Crippen LogP contribution in [0.25, 0.3) is 0 Å². The molecule has 11 nitrogen and oxygen atoms in total. The zero-order valence-corrected chi connectivity index (χ0v) is 19.9. The maximum atomic E-state index is 12.3. The van der Waals surface area contributed by atoms with Crippen molar-refractivity contribution in [1.82, 2.24) is 19.9 Å². The number of ether oxygens (including phenoxy) is 1. The first kappa shape index (κ1) is 31.4.